The Balaban J connectivity index is 1.94. The number of hydrogen-bond donors (Lipinski definition) is 1. The fraction of sp³-hybridized carbons (Fsp3) is 0.0909. The van der Waals surface area contributed by atoms with Crippen LogP contribution in [0, 0.1) is 17.0 Å². The van der Waals surface area contributed by atoms with Crippen LogP contribution in [0.25, 0.3) is 11.1 Å². The van der Waals surface area contributed by atoms with Crippen molar-refractivity contribution in [1.82, 2.24) is 0 Å². The quantitative estimate of drug-likeness (QED) is 0.530. The molecule has 0 amide bonds. The smallest absolute Gasteiger partial charge is 0.269 e. The highest BCUT2D eigenvalue weighted by molar-refractivity contribution is 6.01. The van der Waals surface area contributed by atoms with E-state index in [-0.39, 0.29) is 11.4 Å². The second-order valence-corrected chi connectivity index (χ2v) is 6.49. The Morgan fingerprint density at radius 2 is 1.63 bits per heavy atom. The predicted molar refractivity (Wildman–Crippen MR) is 104 cm³/mol. The first-order chi connectivity index (χ1) is 13.0. The summed E-state index contributed by atoms with van der Waals surface area (Å²) in [4.78, 5) is 10.6. The summed E-state index contributed by atoms with van der Waals surface area (Å²) in [5.74, 6) is 0.731. The molecule has 1 heterocycles. The molecule has 1 aliphatic rings. The third-order valence-electron chi connectivity index (χ3n) is 4.68. The van der Waals surface area contributed by atoms with E-state index >= 15 is 0 Å². The number of phenols is 1. The first-order valence-electron chi connectivity index (χ1n) is 8.54. The number of nitro groups is 1. The number of fused-ring (bicyclic) bond motifs is 1. The molecule has 3 aromatic rings. The average molecular weight is 359 g/mol. The highest BCUT2D eigenvalue weighted by Gasteiger charge is 2.23. The molecular weight excluding hydrogens is 342 g/mol. The summed E-state index contributed by atoms with van der Waals surface area (Å²) in [6, 6.07) is 19.7. The molecule has 0 bridgehead atoms. The molecule has 0 fully saturated rings. The highest BCUT2D eigenvalue weighted by atomic mass is 16.6. The van der Waals surface area contributed by atoms with Gasteiger partial charge in [-0.05, 0) is 47.9 Å². The van der Waals surface area contributed by atoms with Gasteiger partial charge in [0.1, 0.15) is 18.1 Å². The topological polar surface area (TPSA) is 72.6 Å². The standard InChI is InChI=1S/C22H17NO4/c1-14-2-4-15(5-3-14)20-13-27-21-12-18(24)10-11-19(21)22(20)16-6-8-17(9-7-16)23(25)26/h2-12,24H,13H2,1H3. The summed E-state index contributed by atoms with van der Waals surface area (Å²) in [5, 5.41) is 20.8. The normalized spacial score (nSPS) is 13.1. The van der Waals surface area contributed by atoms with Crippen molar-refractivity contribution in [3.63, 3.8) is 0 Å². The van der Waals surface area contributed by atoms with Crippen molar-refractivity contribution in [2.75, 3.05) is 6.61 Å². The van der Waals surface area contributed by atoms with E-state index in [1.807, 2.05) is 37.3 Å². The van der Waals surface area contributed by atoms with E-state index in [0.29, 0.717) is 12.4 Å². The van der Waals surface area contributed by atoms with E-state index in [4.69, 9.17) is 4.74 Å². The van der Waals surface area contributed by atoms with Gasteiger partial charge in [-0.3, -0.25) is 10.1 Å². The van der Waals surface area contributed by atoms with E-state index in [2.05, 4.69) is 0 Å². The first-order valence-corrected chi connectivity index (χ1v) is 8.54. The molecule has 3 aromatic carbocycles. The molecule has 1 aliphatic heterocycles. The van der Waals surface area contributed by atoms with Gasteiger partial charge in [0.25, 0.3) is 5.69 Å². The lowest BCUT2D eigenvalue weighted by Crippen LogP contribution is -2.11. The number of rotatable bonds is 3. The van der Waals surface area contributed by atoms with E-state index in [1.54, 1.807) is 24.3 Å². The van der Waals surface area contributed by atoms with E-state index in [1.165, 1.54) is 17.7 Å². The maximum Gasteiger partial charge on any atom is 0.269 e. The van der Waals surface area contributed by atoms with E-state index < -0.39 is 4.92 Å². The number of nitro benzene ring substituents is 1. The molecule has 5 nitrogen and oxygen atoms in total. The Labute approximate surface area is 156 Å². The molecule has 0 saturated heterocycles. The third-order valence-corrected chi connectivity index (χ3v) is 4.68. The van der Waals surface area contributed by atoms with Crippen molar-refractivity contribution in [2.24, 2.45) is 0 Å². The molecule has 134 valence electrons. The van der Waals surface area contributed by atoms with E-state index in [0.717, 1.165) is 27.8 Å². The summed E-state index contributed by atoms with van der Waals surface area (Å²) in [5.41, 5.74) is 5.92. The van der Waals surface area contributed by atoms with Gasteiger partial charge in [0.05, 0.1) is 4.92 Å². The number of aromatic hydroxyl groups is 1. The minimum absolute atomic E-state index is 0.0502. The molecule has 0 unspecified atom stereocenters. The van der Waals surface area contributed by atoms with Crippen LogP contribution in [-0.2, 0) is 0 Å². The lowest BCUT2D eigenvalue weighted by atomic mass is 9.87. The van der Waals surface area contributed by atoms with Crippen molar-refractivity contribution >= 4 is 16.8 Å². The average Bonchev–Trinajstić information content (AvgIpc) is 2.68. The van der Waals surface area contributed by atoms with Gasteiger partial charge in [0.2, 0.25) is 0 Å². The first kappa shape index (κ1) is 16.8. The van der Waals surface area contributed by atoms with Gasteiger partial charge in [-0.2, -0.15) is 0 Å². The van der Waals surface area contributed by atoms with Crippen LogP contribution in [0.3, 0.4) is 0 Å². The minimum atomic E-state index is -0.408. The van der Waals surface area contributed by atoms with Gasteiger partial charge in [-0.1, -0.05) is 29.8 Å². The fourth-order valence-corrected chi connectivity index (χ4v) is 3.28. The van der Waals surface area contributed by atoms with Crippen molar-refractivity contribution in [3.8, 4) is 11.5 Å². The molecule has 27 heavy (non-hydrogen) atoms. The molecule has 5 heteroatoms. The van der Waals surface area contributed by atoms with Crippen LogP contribution in [0.2, 0.25) is 0 Å². The Kier molecular flexibility index (Phi) is 4.12. The summed E-state index contributed by atoms with van der Waals surface area (Å²) >= 11 is 0. The lowest BCUT2D eigenvalue weighted by Gasteiger charge is -2.25. The summed E-state index contributed by atoms with van der Waals surface area (Å²) < 4.78 is 5.89. The molecule has 4 rings (SSSR count). The minimum Gasteiger partial charge on any atom is -0.508 e. The van der Waals surface area contributed by atoms with Gasteiger partial charge in [-0.15, -0.1) is 0 Å². The van der Waals surface area contributed by atoms with Crippen LogP contribution in [0.1, 0.15) is 22.3 Å². The SMILES string of the molecule is Cc1ccc(C2=C(c3ccc([N+](=O)[O-])cc3)c3ccc(O)cc3OC2)cc1. The van der Waals surface area contributed by atoms with Crippen LogP contribution >= 0.6 is 0 Å². The summed E-state index contributed by atoms with van der Waals surface area (Å²) in [7, 11) is 0. The second-order valence-electron chi connectivity index (χ2n) is 6.49. The number of nitrogens with zero attached hydrogens (tertiary/aromatic N) is 1. The molecule has 0 spiro atoms. The Morgan fingerprint density at radius 1 is 0.963 bits per heavy atom. The van der Waals surface area contributed by atoms with Crippen LogP contribution in [-0.4, -0.2) is 16.6 Å². The largest absolute Gasteiger partial charge is 0.508 e. The van der Waals surface area contributed by atoms with Gasteiger partial charge < -0.3 is 9.84 Å². The molecule has 0 atom stereocenters. The summed E-state index contributed by atoms with van der Waals surface area (Å²) in [6.07, 6.45) is 0. The van der Waals surface area contributed by atoms with Crippen LogP contribution in [0.15, 0.2) is 66.7 Å². The number of phenolic OH excluding ortho intramolecular Hbond substituents is 1. The Bertz CT molecular complexity index is 1050. The molecule has 1 N–H and O–H groups in total. The number of non-ortho nitro benzene ring substituents is 1. The van der Waals surface area contributed by atoms with Gasteiger partial charge in [-0.25, -0.2) is 0 Å². The Hall–Kier alpha value is -3.60. The van der Waals surface area contributed by atoms with Crippen molar-refractivity contribution < 1.29 is 14.8 Å². The Morgan fingerprint density at radius 3 is 2.30 bits per heavy atom. The van der Waals surface area contributed by atoms with Gasteiger partial charge >= 0.3 is 0 Å². The van der Waals surface area contributed by atoms with Gasteiger partial charge in [0, 0.05) is 29.3 Å². The highest BCUT2D eigenvalue weighted by Crippen LogP contribution is 2.42. The second kappa shape index (κ2) is 6.61. The molecule has 0 aromatic heterocycles. The van der Waals surface area contributed by atoms with Crippen LogP contribution < -0.4 is 4.74 Å². The maximum atomic E-state index is 11.0. The fourth-order valence-electron chi connectivity index (χ4n) is 3.28. The zero-order chi connectivity index (χ0) is 19.0. The van der Waals surface area contributed by atoms with Crippen molar-refractivity contribution in [2.45, 2.75) is 6.92 Å². The molecule has 0 saturated carbocycles. The van der Waals surface area contributed by atoms with Gasteiger partial charge in [0.15, 0.2) is 0 Å². The zero-order valence-corrected chi connectivity index (χ0v) is 14.7. The van der Waals surface area contributed by atoms with Crippen LogP contribution in [0.5, 0.6) is 11.5 Å². The molecule has 0 radical (unpaired) electrons. The number of aryl methyl sites for hydroxylation is 1. The summed E-state index contributed by atoms with van der Waals surface area (Å²) in [6.45, 7) is 2.39. The maximum absolute atomic E-state index is 11.0. The predicted octanol–water partition coefficient (Wildman–Crippen LogP) is 4.96. The van der Waals surface area contributed by atoms with E-state index in [9.17, 15) is 15.2 Å². The number of ether oxygens (including phenoxy) is 1. The molecule has 0 aliphatic carbocycles. The van der Waals surface area contributed by atoms with Crippen molar-refractivity contribution in [1.29, 1.82) is 0 Å². The number of hydrogen-bond acceptors (Lipinski definition) is 4. The lowest BCUT2D eigenvalue weighted by molar-refractivity contribution is -0.384. The van der Waals surface area contributed by atoms with Crippen molar-refractivity contribution in [3.05, 3.63) is 99.1 Å². The third kappa shape index (κ3) is 3.15. The van der Waals surface area contributed by atoms with Crippen LogP contribution in [0.4, 0.5) is 5.69 Å². The zero-order valence-electron chi connectivity index (χ0n) is 14.7. The number of benzene rings is 3. The molecular formula is C22H17NO4. The monoisotopic (exact) mass is 359 g/mol.